The summed E-state index contributed by atoms with van der Waals surface area (Å²) in [6.07, 6.45) is 3.38. The summed E-state index contributed by atoms with van der Waals surface area (Å²) in [6.45, 7) is 2.15. The molecule has 72 valence electrons. The number of H-pyrrole nitrogens is 1. The Morgan fingerprint density at radius 1 is 1.36 bits per heavy atom. The van der Waals surface area contributed by atoms with E-state index < -0.39 is 0 Å². The van der Waals surface area contributed by atoms with Crippen molar-refractivity contribution in [3.05, 3.63) is 18.1 Å². The van der Waals surface area contributed by atoms with E-state index in [-0.39, 0.29) is 0 Å². The lowest BCUT2D eigenvalue weighted by Gasteiger charge is -2.35. The van der Waals surface area contributed by atoms with Crippen LogP contribution in [0.1, 0.15) is 11.6 Å². The molecule has 1 aliphatic rings. The van der Waals surface area contributed by atoms with E-state index in [9.17, 15) is 0 Å². The van der Waals surface area contributed by atoms with Crippen molar-refractivity contribution in [3.8, 4) is 0 Å². The Morgan fingerprint density at radius 3 is 2.93 bits per heavy atom. The number of hydrogen-bond acceptors (Lipinski definition) is 4. The highest BCUT2D eigenvalue weighted by atomic mass is 15.2. The van der Waals surface area contributed by atoms with Gasteiger partial charge in [-0.25, -0.2) is 9.97 Å². The zero-order chi connectivity index (χ0) is 9.54. The maximum absolute atomic E-state index is 4.29. The van der Waals surface area contributed by atoms with E-state index in [0.717, 1.165) is 29.9 Å². The van der Waals surface area contributed by atoms with Crippen LogP contribution in [0.4, 0.5) is 0 Å². The van der Waals surface area contributed by atoms with Crippen molar-refractivity contribution in [2.24, 2.45) is 0 Å². The standard InChI is InChI=1S/C9H11N5/c1-14-4-6(5-14)7-8-9(13-12-7)11-3-2-10-8/h2-3,6H,4-5H2,1H3,(H,11,12,13). The third-order valence-corrected chi connectivity index (χ3v) is 2.69. The van der Waals surface area contributed by atoms with Crippen LogP contribution >= 0.6 is 0 Å². The molecule has 5 nitrogen and oxygen atoms in total. The summed E-state index contributed by atoms with van der Waals surface area (Å²) in [5.41, 5.74) is 2.77. The molecule has 2 aromatic heterocycles. The Morgan fingerprint density at radius 2 is 2.14 bits per heavy atom. The minimum absolute atomic E-state index is 0.543. The highest BCUT2D eigenvalue weighted by molar-refractivity contribution is 5.73. The van der Waals surface area contributed by atoms with Gasteiger partial charge in [0.25, 0.3) is 0 Å². The van der Waals surface area contributed by atoms with Crippen molar-refractivity contribution < 1.29 is 0 Å². The molecule has 0 saturated carbocycles. The quantitative estimate of drug-likeness (QED) is 0.704. The Kier molecular flexibility index (Phi) is 1.55. The molecule has 14 heavy (non-hydrogen) atoms. The van der Waals surface area contributed by atoms with Crippen LogP contribution < -0.4 is 0 Å². The number of hydrogen-bond donors (Lipinski definition) is 1. The summed E-state index contributed by atoms with van der Waals surface area (Å²) in [7, 11) is 2.11. The molecule has 0 aliphatic carbocycles. The molecule has 0 amide bonds. The fraction of sp³-hybridized carbons (Fsp3) is 0.444. The molecule has 3 rings (SSSR count). The van der Waals surface area contributed by atoms with Gasteiger partial charge >= 0.3 is 0 Å². The Balaban J connectivity index is 2.05. The van der Waals surface area contributed by atoms with Gasteiger partial charge < -0.3 is 4.90 Å². The molecule has 0 unspecified atom stereocenters. The van der Waals surface area contributed by atoms with Gasteiger partial charge in [0.15, 0.2) is 5.65 Å². The average molecular weight is 189 g/mol. The first kappa shape index (κ1) is 7.87. The SMILES string of the molecule is CN1CC(c2[nH]nc3nccnc23)C1. The highest BCUT2D eigenvalue weighted by Crippen LogP contribution is 2.27. The number of rotatable bonds is 1. The van der Waals surface area contributed by atoms with Gasteiger partial charge in [-0.1, -0.05) is 0 Å². The van der Waals surface area contributed by atoms with Gasteiger partial charge in [0.1, 0.15) is 5.52 Å². The van der Waals surface area contributed by atoms with Crippen molar-refractivity contribution in [1.82, 2.24) is 25.1 Å². The molecular weight excluding hydrogens is 178 g/mol. The zero-order valence-corrected chi connectivity index (χ0v) is 7.94. The van der Waals surface area contributed by atoms with Gasteiger partial charge in [0.2, 0.25) is 0 Å². The fourth-order valence-electron chi connectivity index (χ4n) is 1.93. The largest absolute Gasteiger partial charge is 0.305 e. The first-order valence-electron chi connectivity index (χ1n) is 4.68. The van der Waals surface area contributed by atoms with Gasteiger partial charge in [-0.3, -0.25) is 5.10 Å². The van der Waals surface area contributed by atoms with Crippen LogP contribution in [0.3, 0.4) is 0 Å². The summed E-state index contributed by atoms with van der Waals surface area (Å²) >= 11 is 0. The number of nitrogens with one attached hydrogen (secondary N) is 1. The summed E-state index contributed by atoms with van der Waals surface area (Å²) in [5, 5.41) is 7.16. The molecule has 0 bridgehead atoms. The van der Waals surface area contributed by atoms with E-state index in [4.69, 9.17) is 0 Å². The molecule has 1 aliphatic heterocycles. The van der Waals surface area contributed by atoms with Gasteiger partial charge in [-0.05, 0) is 7.05 Å². The maximum Gasteiger partial charge on any atom is 0.199 e. The zero-order valence-electron chi connectivity index (χ0n) is 7.94. The molecular formula is C9H11N5. The summed E-state index contributed by atoms with van der Waals surface area (Å²) in [4.78, 5) is 10.7. The molecule has 0 aromatic carbocycles. The first-order chi connectivity index (χ1) is 6.84. The lowest BCUT2D eigenvalue weighted by atomic mass is 9.97. The molecule has 1 N–H and O–H groups in total. The van der Waals surface area contributed by atoms with Crippen LogP contribution in [-0.4, -0.2) is 45.2 Å². The lowest BCUT2D eigenvalue weighted by molar-refractivity contribution is 0.187. The smallest absolute Gasteiger partial charge is 0.199 e. The van der Waals surface area contributed by atoms with E-state index in [2.05, 4.69) is 32.1 Å². The molecule has 0 atom stereocenters. The molecule has 2 aromatic rings. The minimum atomic E-state index is 0.543. The Hall–Kier alpha value is -1.49. The normalized spacial score (nSPS) is 18.6. The Bertz CT molecular complexity index is 457. The van der Waals surface area contributed by atoms with Crippen LogP contribution in [0.2, 0.25) is 0 Å². The second kappa shape index (κ2) is 2.75. The molecule has 1 saturated heterocycles. The van der Waals surface area contributed by atoms with Crippen LogP contribution in [0, 0.1) is 0 Å². The average Bonchev–Trinajstić information content (AvgIpc) is 2.56. The highest BCUT2D eigenvalue weighted by Gasteiger charge is 2.28. The van der Waals surface area contributed by atoms with E-state index >= 15 is 0 Å². The third-order valence-electron chi connectivity index (χ3n) is 2.69. The van der Waals surface area contributed by atoms with E-state index in [1.165, 1.54) is 0 Å². The first-order valence-corrected chi connectivity index (χ1v) is 4.68. The van der Waals surface area contributed by atoms with Crippen molar-refractivity contribution in [3.63, 3.8) is 0 Å². The number of aromatic amines is 1. The van der Waals surface area contributed by atoms with E-state index in [0.29, 0.717) is 5.92 Å². The molecule has 5 heteroatoms. The third kappa shape index (κ3) is 1.02. The summed E-state index contributed by atoms with van der Waals surface area (Å²) in [6, 6.07) is 0. The van der Waals surface area contributed by atoms with E-state index in [1.54, 1.807) is 12.4 Å². The number of nitrogens with zero attached hydrogens (tertiary/aromatic N) is 4. The maximum atomic E-state index is 4.29. The lowest BCUT2D eigenvalue weighted by Crippen LogP contribution is -2.42. The molecule has 3 heterocycles. The monoisotopic (exact) mass is 189 g/mol. The summed E-state index contributed by atoms with van der Waals surface area (Å²) < 4.78 is 0. The van der Waals surface area contributed by atoms with Crippen molar-refractivity contribution in [2.45, 2.75) is 5.92 Å². The van der Waals surface area contributed by atoms with Crippen molar-refractivity contribution in [2.75, 3.05) is 20.1 Å². The van der Waals surface area contributed by atoms with Gasteiger partial charge in [0, 0.05) is 31.4 Å². The molecule has 1 fully saturated rings. The van der Waals surface area contributed by atoms with Crippen LogP contribution in [0.15, 0.2) is 12.4 Å². The number of likely N-dealkylation sites (N-methyl/N-ethyl adjacent to an activating group) is 1. The van der Waals surface area contributed by atoms with Crippen LogP contribution in [0.25, 0.3) is 11.2 Å². The van der Waals surface area contributed by atoms with Crippen LogP contribution in [0.5, 0.6) is 0 Å². The topological polar surface area (TPSA) is 57.7 Å². The molecule has 0 spiro atoms. The number of fused-ring (bicyclic) bond motifs is 1. The predicted octanol–water partition coefficient (Wildman–Crippen LogP) is 0.382. The molecule has 0 radical (unpaired) electrons. The number of aromatic nitrogens is 4. The van der Waals surface area contributed by atoms with Gasteiger partial charge in [-0.2, -0.15) is 5.10 Å². The Labute approximate surface area is 81.2 Å². The predicted molar refractivity (Wildman–Crippen MR) is 51.9 cm³/mol. The summed E-state index contributed by atoms with van der Waals surface area (Å²) in [5.74, 6) is 0.543. The van der Waals surface area contributed by atoms with Crippen LogP contribution in [-0.2, 0) is 0 Å². The van der Waals surface area contributed by atoms with Crippen molar-refractivity contribution in [1.29, 1.82) is 0 Å². The van der Waals surface area contributed by atoms with Gasteiger partial charge in [-0.15, -0.1) is 0 Å². The number of likely N-dealkylation sites (tertiary alicyclic amines) is 1. The van der Waals surface area contributed by atoms with Gasteiger partial charge in [0.05, 0.1) is 5.69 Å². The second-order valence-electron chi connectivity index (χ2n) is 3.78. The minimum Gasteiger partial charge on any atom is -0.305 e. The second-order valence-corrected chi connectivity index (χ2v) is 3.78. The fourth-order valence-corrected chi connectivity index (χ4v) is 1.93. The van der Waals surface area contributed by atoms with E-state index in [1.807, 2.05) is 0 Å². The van der Waals surface area contributed by atoms with Crippen molar-refractivity contribution >= 4 is 11.2 Å².